The Balaban J connectivity index is 1.82. The van der Waals surface area contributed by atoms with E-state index in [4.69, 9.17) is 0 Å². The molecule has 1 fully saturated rings. The monoisotopic (exact) mass is 328 g/mol. The quantitative estimate of drug-likeness (QED) is 0.927. The Bertz CT molecular complexity index is 579. The second-order valence-electron chi connectivity index (χ2n) is 5.81. The molecule has 1 saturated heterocycles. The SMILES string of the molecule is Cc1cccc(C(=O)N2CCC(CNC(=O)C(F)(F)F)CC2)c1. The number of likely N-dealkylation sites (tertiary alicyclic amines) is 1. The van der Waals surface area contributed by atoms with Crippen LogP contribution in [0.2, 0.25) is 0 Å². The molecule has 1 aromatic rings. The van der Waals surface area contributed by atoms with Gasteiger partial charge < -0.3 is 10.2 Å². The predicted molar refractivity (Wildman–Crippen MR) is 78.9 cm³/mol. The van der Waals surface area contributed by atoms with Gasteiger partial charge in [0.2, 0.25) is 0 Å². The minimum atomic E-state index is -4.85. The molecule has 0 unspecified atom stereocenters. The molecular formula is C16H19F3N2O2. The maximum absolute atomic E-state index is 12.4. The largest absolute Gasteiger partial charge is 0.471 e. The number of halogens is 3. The van der Waals surface area contributed by atoms with Crippen molar-refractivity contribution in [1.82, 2.24) is 10.2 Å². The fourth-order valence-corrected chi connectivity index (χ4v) is 2.64. The summed E-state index contributed by atoms with van der Waals surface area (Å²) in [6.45, 7) is 2.87. The number of aryl methyl sites for hydroxylation is 1. The van der Waals surface area contributed by atoms with E-state index in [0.29, 0.717) is 31.5 Å². The maximum Gasteiger partial charge on any atom is 0.471 e. The molecule has 1 heterocycles. The van der Waals surface area contributed by atoms with Gasteiger partial charge >= 0.3 is 12.1 Å². The number of hydrogen-bond donors (Lipinski definition) is 1. The summed E-state index contributed by atoms with van der Waals surface area (Å²) in [6.07, 6.45) is -3.69. The van der Waals surface area contributed by atoms with E-state index >= 15 is 0 Å². The van der Waals surface area contributed by atoms with Crippen LogP contribution in [0.4, 0.5) is 13.2 Å². The summed E-state index contributed by atoms with van der Waals surface area (Å²) in [7, 11) is 0. The Morgan fingerprint density at radius 2 is 1.91 bits per heavy atom. The van der Waals surface area contributed by atoms with Gasteiger partial charge in [0.15, 0.2) is 0 Å². The molecule has 0 radical (unpaired) electrons. The zero-order valence-electron chi connectivity index (χ0n) is 12.8. The van der Waals surface area contributed by atoms with E-state index < -0.39 is 12.1 Å². The predicted octanol–water partition coefficient (Wildman–Crippen LogP) is 2.53. The van der Waals surface area contributed by atoms with Crippen molar-refractivity contribution in [3.8, 4) is 0 Å². The molecule has 23 heavy (non-hydrogen) atoms. The molecule has 0 saturated carbocycles. The fraction of sp³-hybridized carbons (Fsp3) is 0.500. The number of nitrogens with zero attached hydrogens (tertiary/aromatic N) is 1. The van der Waals surface area contributed by atoms with Crippen molar-refractivity contribution in [2.45, 2.75) is 25.9 Å². The summed E-state index contributed by atoms with van der Waals surface area (Å²) in [5.41, 5.74) is 1.62. The Hall–Kier alpha value is -2.05. The molecule has 0 aliphatic carbocycles. The Labute approximate surface area is 132 Å². The Morgan fingerprint density at radius 1 is 1.26 bits per heavy atom. The van der Waals surface area contributed by atoms with E-state index in [-0.39, 0.29) is 18.4 Å². The van der Waals surface area contributed by atoms with Crippen molar-refractivity contribution in [1.29, 1.82) is 0 Å². The topological polar surface area (TPSA) is 49.4 Å². The van der Waals surface area contributed by atoms with Crippen molar-refractivity contribution < 1.29 is 22.8 Å². The van der Waals surface area contributed by atoms with Crippen LogP contribution in [-0.2, 0) is 4.79 Å². The molecule has 2 rings (SSSR count). The lowest BCUT2D eigenvalue weighted by molar-refractivity contribution is -0.173. The number of alkyl halides is 3. The van der Waals surface area contributed by atoms with Crippen LogP contribution in [0.5, 0.6) is 0 Å². The number of rotatable bonds is 3. The molecule has 1 aliphatic heterocycles. The lowest BCUT2D eigenvalue weighted by atomic mass is 9.96. The third-order valence-corrected chi connectivity index (χ3v) is 3.98. The Kier molecular flexibility index (Phi) is 5.28. The summed E-state index contributed by atoms with van der Waals surface area (Å²) in [6, 6.07) is 7.30. The first kappa shape index (κ1) is 17.3. The van der Waals surface area contributed by atoms with Crippen molar-refractivity contribution in [2.75, 3.05) is 19.6 Å². The molecular weight excluding hydrogens is 309 g/mol. The average molecular weight is 328 g/mol. The van der Waals surface area contributed by atoms with Gasteiger partial charge in [-0.15, -0.1) is 0 Å². The smallest absolute Gasteiger partial charge is 0.348 e. The minimum absolute atomic E-state index is 0.00911. The van der Waals surface area contributed by atoms with Gasteiger partial charge in [-0.3, -0.25) is 9.59 Å². The van der Waals surface area contributed by atoms with E-state index in [1.54, 1.807) is 11.0 Å². The molecule has 4 nitrogen and oxygen atoms in total. The zero-order chi connectivity index (χ0) is 17.0. The van der Waals surface area contributed by atoms with E-state index in [1.165, 1.54) is 0 Å². The average Bonchev–Trinajstić information content (AvgIpc) is 2.51. The van der Waals surface area contributed by atoms with Gasteiger partial charge in [-0.2, -0.15) is 13.2 Å². The summed E-state index contributed by atoms with van der Waals surface area (Å²) < 4.78 is 36.4. The van der Waals surface area contributed by atoms with Crippen LogP contribution in [-0.4, -0.2) is 42.5 Å². The summed E-state index contributed by atoms with van der Waals surface area (Å²) >= 11 is 0. The molecule has 1 aliphatic rings. The molecule has 7 heteroatoms. The zero-order valence-corrected chi connectivity index (χ0v) is 12.8. The highest BCUT2D eigenvalue weighted by Gasteiger charge is 2.38. The number of carbonyl (C=O) groups is 2. The van der Waals surface area contributed by atoms with Gasteiger partial charge in [-0.1, -0.05) is 17.7 Å². The summed E-state index contributed by atoms with van der Waals surface area (Å²) in [5, 5.41) is 1.91. The third-order valence-electron chi connectivity index (χ3n) is 3.98. The van der Waals surface area contributed by atoms with E-state index in [0.717, 1.165) is 5.56 Å². The Morgan fingerprint density at radius 3 is 2.48 bits per heavy atom. The second kappa shape index (κ2) is 7.02. The second-order valence-corrected chi connectivity index (χ2v) is 5.81. The highest BCUT2D eigenvalue weighted by molar-refractivity contribution is 5.94. The van der Waals surface area contributed by atoms with Crippen molar-refractivity contribution in [2.24, 2.45) is 5.92 Å². The number of hydrogen-bond acceptors (Lipinski definition) is 2. The molecule has 0 atom stereocenters. The van der Waals surface area contributed by atoms with Gasteiger partial charge in [0.25, 0.3) is 5.91 Å². The first-order valence-electron chi connectivity index (χ1n) is 7.48. The molecule has 2 amide bonds. The van der Waals surface area contributed by atoms with Crippen molar-refractivity contribution >= 4 is 11.8 Å². The highest BCUT2D eigenvalue weighted by Crippen LogP contribution is 2.20. The molecule has 0 aromatic heterocycles. The molecule has 0 bridgehead atoms. The first-order valence-corrected chi connectivity index (χ1v) is 7.48. The number of piperidine rings is 1. The lowest BCUT2D eigenvalue weighted by Gasteiger charge is -2.32. The van der Waals surface area contributed by atoms with E-state index in [1.807, 2.05) is 30.4 Å². The summed E-state index contributed by atoms with van der Waals surface area (Å²) in [4.78, 5) is 24.9. The normalized spacial score (nSPS) is 16.3. The van der Waals surface area contributed by atoms with Gasteiger partial charge in [0.05, 0.1) is 0 Å². The van der Waals surface area contributed by atoms with Gasteiger partial charge in [0.1, 0.15) is 0 Å². The fourth-order valence-electron chi connectivity index (χ4n) is 2.64. The van der Waals surface area contributed by atoms with Crippen molar-refractivity contribution in [3.63, 3.8) is 0 Å². The number of carbonyl (C=O) groups excluding carboxylic acids is 2. The number of benzene rings is 1. The van der Waals surface area contributed by atoms with Crippen LogP contribution in [0.1, 0.15) is 28.8 Å². The van der Waals surface area contributed by atoms with Crippen LogP contribution in [0.25, 0.3) is 0 Å². The van der Waals surface area contributed by atoms with Gasteiger partial charge in [-0.25, -0.2) is 0 Å². The maximum atomic E-state index is 12.4. The molecule has 1 N–H and O–H groups in total. The lowest BCUT2D eigenvalue weighted by Crippen LogP contribution is -2.44. The standard InChI is InChI=1S/C16H19F3N2O2/c1-11-3-2-4-13(9-11)14(22)21-7-5-12(6-8-21)10-20-15(23)16(17,18)19/h2-4,9,12H,5-8,10H2,1H3,(H,20,23). The number of amides is 2. The van der Waals surface area contributed by atoms with Crippen LogP contribution in [0, 0.1) is 12.8 Å². The third kappa shape index (κ3) is 4.71. The minimum Gasteiger partial charge on any atom is -0.348 e. The van der Waals surface area contributed by atoms with Gasteiger partial charge in [-0.05, 0) is 37.8 Å². The highest BCUT2D eigenvalue weighted by atomic mass is 19.4. The molecule has 0 spiro atoms. The van der Waals surface area contributed by atoms with Gasteiger partial charge in [0, 0.05) is 25.2 Å². The van der Waals surface area contributed by atoms with Crippen molar-refractivity contribution in [3.05, 3.63) is 35.4 Å². The van der Waals surface area contributed by atoms with Crippen LogP contribution in [0.15, 0.2) is 24.3 Å². The van der Waals surface area contributed by atoms with Crippen LogP contribution < -0.4 is 5.32 Å². The van der Waals surface area contributed by atoms with Crippen LogP contribution in [0.3, 0.4) is 0 Å². The molecule has 1 aromatic carbocycles. The molecule has 126 valence electrons. The van der Waals surface area contributed by atoms with Crippen LogP contribution >= 0.6 is 0 Å². The first-order chi connectivity index (χ1) is 10.8. The van der Waals surface area contributed by atoms with E-state index in [9.17, 15) is 22.8 Å². The summed E-state index contributed by atoms with van der Waals surface area (Å²) in [5.74, 6) is -2.01. The van der Waals surface area contributed by atoms with E-state index in [2.05, 4.69) is 0 Å². The number of nitrogens with one attached hydrogen (secondary N) is 1.